The number of hydrogen-bond donors (Lipinski definition) is 0. The van der Waals surface area contributed by atoms with E-state index in [4.69, 9.17) is 5.26 Å². The van der Waals surface area contributed by atoms with Crippen LogP contribution in [0.5, 0.6) is 0 Å². The van der Waals surface area contributed by atoms with Gasteiger partial charge in [0.05, 0.1) is 17.7 Å². The molecule has 0 N–H and O–H groups in total. The highest BCUT2D eigenvalue weighted by atomic mass is 16.2. The van der Waals surface area contributed by atoms with Gasteiger partial charge in [0.25, 0.3) is 0 Å². The van der Waals surface area contributed by atoms with Crippen LogP contribution in [0.2, 0.25) is 0 Å². The second kappa shape index (κ2) is 6.37. The molecule has 0 spiro atoms. The molecule has 1 aromatic carbocycles. The second-order valence-electron chi connectivity index (χ2n) is 8.39. The zero-order chi connectivity index (χ0) is 17.7. The molecule has 4 aliphatic heterocycles. The number of nitrogens with zero attached hydrogens (tertiary/aromatic N) is 4. The molecule has 0 bridgehead atoms. The lowest BCUT2D eigenvalue weighted by Crippen LogP contribution is -2.44. The first-order valence-electron chi connectivity index (χ1n) is 10.0. The molecule has 4 atom stereocenters. The molecule has 0 unspecified atom stereocenters. The lowest BCUT2D eigenvalue weighted by atomic mass is 9.90. The van der Waals surface area contributed by atoms with Gasteiger partial charge >= 0.3 is 0 Å². The van der Waals surface area contributed by atoms with Crippen LogP contribution in [-0.2, 0) is 4.79 Å². The molecule has 0 radical (unpaired) electrons. The van der Waals surface area contributed by atoms with Gasteiger partial charge in [-0.3, -0.25) is 14.6 Å². The first-order chi connectivity index (χ1) is 12.7. The van der Waals surface area contributed by atoms with E-state index in [9.17, 15) is 4.79 Å². The topological polar surface area (TPSA) is 50.6 Å². The van der Waals surface area contributed by atoms with Crippen molar-refractivity contribution >= 4 is 11.6 Å². The molecule has 5 rings (SSSR count). The number of rotatable bonds is 2. The summed E-state index contributed by atoms with van der Waals surface area (Å²) in [5.74, 6) is 1.78. The molecule has 5 nitrogen and oxygen atoms in total. The van der Waals surface area contributed by atoms with Gasteiger partial charge in [0.15, 0.2) is 0 Å². The normalized spacial score (nSPS) is 34.7. The number of anilines is 1. The Balaban J connectivity index is 1.27. The highest BCUT2D eigenvalue weighted by molar-refractivity contribution is 5.99. The minimum Gasteiger partial charge on any atom is -0.311 e. The number of likely N-dealkylation sites (tertiary alicyclic amines) is 1. The van der Waals surface area contributed by atoms with E-state index in [1.165, 1.54) is 32.4 Å². The van der Waals surface area contributed by atoms with Gasteiger partial charge in [0.2, 0.25) is 5.91 Å². The predicted molar refractivity (Wildman–Crippen MR) is 99.7 cm³/mol. The van der Waals surface area contributed by atoms with Crippen LogP contribution in [0.25, 0.3) is 0 Å². The minimum absolute atomic E-state index is 0.0493. The summed E-state index contributed by atoms with van der Waals surface area (Å²) < 4.78 is 0. The second-order valence-corrected chi connectivity index (χ2v) is 8.39. The molecule has 4 heterocycles. The van der Waals surface area contributed by atoms with Crippen molar-refractivity contribution < 1.29 is 4.79 Å². The van der Waals surface area contributed by atoms with E-state index in [1.54, 1.807) is 12.1 Å². The lowest BCUT2D eigenvalue weighted by Gasteiger charge is -2.34. The zero-order valence-electron chi connectivity index (χ0n) is 15.2. The molecule has 1 aromatic rings. The molecule has 4 fully saturated rings. The van der Waals surface area contributed by atoms with Crippen molar-refractivity contribution in [2.24, 2.45) is 11.8 Å². The maximum atomic E-state index is 13.1. The Hall–Kier alpha value is -1.90. The quantitative estimate of drug-likeness (QED) is 0.819. The number of fused-ring (bicyclic) bond motifs is 3. The third-order valence-corrected chi connectivity index (χ3v) is 7.07. The monoisotopic (exact) mass is 350 g/mol. The van der Waals surface area contributed by atoms with Gasteiger partial charge in [-0.1, -0.05) is 6.42 Å². The maximum Gasteiger partial charge on any atom is 0.244 e. The van der Waals surface area contributed by atoms with Crippen LogP contribution in [-0.4, -0.2) is 60.5 Å². The molecule has 26 heavy (non-hydrogen) atoms. The van der Waals surface area contributed by atoms with Crippen LogP contribution < -0.4 is 4.90 Å². The summed E-state index contributed by atoms with van der Waals surface area (Å²) >= 11 is 0. The van der Waals surface area contributed by atoms with E-state index in [-0.39, 0.29) is 11.9 Å². The largest absolute Gasteiger partial charge is 0.311 e. The predicted octanol–water partition coefficient (Wildman–Crippen LogP) is 2.08. The number of piperidine rings is 1. The first-order valence-corrected chi connectivity index (χ1v) is 10.0. The van der Waals surface area contributed by atoms with Crippen LogP contribution in [0.1, 0.15) is 31.2 Å². The fourth-order valence-corrected chi connectivity index (χ4v) is 5.82. The van der Waals surface area contributed by atoms with Crippen LogP contribution in [0, 0.1) is 23.2 Å². The number of carbonyl (C=O) groups is 1. The Kier molecular flexibility index (Phi) is 3.99. The van der Waals surface area contributed by atoms with Crippen LogP contribution >= 0.6 is 0 Å². The van der Waals surface area contributed by atoms with E-state index >= 15 is 0 Å². The fraction of sp³-hybridized carbons (Fsp3) is 0.619. The SMILES string of the molecule is N#Cc1ccc(N2CC[C@H](N3C[C@@H]4CN5CCCC[C@H]5[C@@H]4C3)C2=O)cc1. The molecule has 1 amide bonds. The summed E-state index contributed by atoms with van der Waals surface area (Å²) in [5.41, 5.74) is 1.57. The third kappa shape index (κ3) is 2.55. The number of nitriles is 1. The lowest BCUT2D eigenvalue weighted by molar-refractivity contribution is -0.121. The Morgan fingerprint density at radius 3 is 2.58 bits per heavy atom. The average Bonchev–Trinajstić information content (AvgIpc) is 3.34. The molecule has 136 valence electrons. The van der Waals surface area contributed by atoms with Gasteiger partial charge in [-0.15, -0.1) is 0 Å². The van der Waals surface area contributed by atoms with Gasteiger partial charge in [-0.2, -0.15) is 5.26 Å². The van der Waals surface area contributed by atoms with Crippen molar-refractivity contribution in [1.82, 2.24) is 9.80 Å². The summed E-state index contributed by atoms with van der Waals surface area (Å²) in [5, 5.41) is 8.95. The van der Waals surface area contributed by atoms with Crippen molar-refractivity contribution in [3.8, 4) is 6.07 Å². The highest BCUT2D eigenvalue weighted by Crippen LogP contribution is 2.42. The third-order valence-electron chi connectivity index (χ3n) is 7.07. The van der Waals surface area contributed by atoms with Crippen molar-refractivity contribution in [2.45, 2.75) is 37.8 Å². The Bertz CT molecular complexity index is 739. The summed E-state index contributed by atoms with van der Waals surface area (Å²) in [6.07, 6.45) is 5.01. The number of amides is 1. The molecule has 4 saturated heterocycles. The van der Waals surface area contributed by atoms with Crippen LogP contribution in [0.3, 0.4) is 0 Å². The van der Waals surface area contributed by atoms with Crippen molar-refractivity contribution in [3.63, 3.8) is 0 Å². The smallest absolute Gasteiger partial charge is 0.244 e. The van der Waals surface area contributed by atoms with E-state index in [0.29, 0.717) is 5.56 Å². The molecule has 5 heteroatoms. The number of hydrogen-bond acceptors (Lipinski definition) is 4. The van der Waals surface area contributed by atoms with Crippen LogP contribution in [0.4, 0.5) is 5.69 Å². The van der Waals surface area contributed by atoms with E-state index in [0.717, 1.165) is 49.6 Å². The summed E-state index contributed by atoms with van der Waals surface area (Å²) in [6, 6.07) is 10.4. The van der Waals surface area contributed by atoms with E-state index in [2.05, 4.69) is 15.9 Å². The average molecular weight is 350 g/mol. The van der Waals surface area contributed by atoms with Gasteiger partial charge in [-0.05, 0) is 61.9 Å². The first kappa shape index (κ1) is 16.3. The van der Waals surface area contributed by atoms with Gasteiger partial charge < -0.3 is 4.90 Å². The Labute approximate surface area is 155 Å². The molecular formula is C21H26N4O. The minimum atomic E-state index is 0.0493. The van der Waals surface area contributed by atoms with Gasteiger partial charge in [-0.25, -0.2) is 0 Å². The zero-order valence-corrected chi connectivity index (χ0v) is 15.2. The molecular weight excluding hydrogens is 324 g/mol. The van der Waals surface area contributed by atoms with E-state index < -0.39 is 0 Å². The van der Waals surface area contributed by atoms with Crippen LogP contribution in [0.15, 0.2) is 24.3 Å². The fourth-order valence-electron chi connectivity index (χ4n) is 5.82. The number of carbonyl (C=O) groups excluding carboxylic acids is 1. The van der Waals surface area contributed by atoms with Crippen molar-refractivity contribution in [1.29, 1.82) is 5.26 Å². The van der Waals surface area contributed by atoms with E-state index in [1.807, 2.05) is 17.0 Å². The number of benzene rings is 1. The maximum absolute atomic E-state index is 13.1. The van der Waals surface area contributed by atoms with Gasteiger partial charge in [0.1, 0.15) is 0 Å². The van der Waals surface area contributed by atoms with Crippen molar-refractivity contribution in [2.75, 3.05) is 37.6 Å². The molecule has 0 aromatic heterocycles. The molecule has 4 aliphatic rings. The summed E-state index contributed by atoms with van der Waals surface area (Å²) in [7, 11) is 0. The standard InChI is InChI=1S/C21H26N4O/c22-11-15-4-6-17(7-5-15)25-10-8-20(21(25)26)24-13-16-12-23-9-2-1-3-19(23)18(16)14-24/h4-7,16,18-20H,1-3,8-10,12-14H2/t16-,18+,19-,20-/m0/s1. The van der Waals surface area contributed by atoms with Crippen molar-refractivity contribution in [3.05, 3.63) is 29.8 Å². The van der Waals surface area contributed by atoms with Gasteiger partial charge in [0, 0.05) is 37.9 Å². The molecule has 0 aliphatic carbocycles. The summed E-state index contributed by atoms with van der Waals surface area (Å²) in [4.78, 5) is 20.2. The Morgan fingerprint density at radius 1 is 0.962 bits per heavy atom. The summed E-state index contributed by atoms with van der Waals surface area (Å²) in [6.45, 7) is 5.51. The Morgan fingerprint density at radius 2 is 1.77 bits per heavy atom. The molecule has 0 saturated carbocycles. The highest BCUT2D eigenvalue weighted by Gasteiger charge is 2.50.